The molecule has 3 aromatic heterocycles. The lowest BCUT2D eigenvalue weighted by atomic mass is 10.2. The summed E-state index contributed by atoms with van der Waals surface area (Å²) in [4.78, 5) is 3.98. The van der Waals surface area contributed by atoms with E-state index in [-0.39, 0.29) is 5.82 Å². The topological polar surface area (TPSA) is 95.1 Å². The molecule has 0 radical (unpaired) electrons. The molecule has 80 valence electrons. The average Bonchev–Trinajstić information content (AvgIpc) is 2.84. The highest BCUT2D eigenvalue weighted by Crippen LogP contribution is 2.26. The van der Waals surface area contributed by atoms with Crippen molar-refractivity contribution in [2.45, 2.75) is 6.92 Å². The van der Waals surface area contributed by atoms with E-state index in [2.05, 4.69) is 25.0 Å². The van der Waals surface area contributed by atoms with Crippen molar-refractivity contribution in [3.05, 3.63) is 24.2 Å². The number of nitrogen functional groups attached to an aromatic ring is 1. The minimum Gasteiger partial charge on any atom is -0.379 e. The predicted octanol–water partition coefficient (Wildman–Crippen LogP) is 0.670. The molecule has 2 N–H and O–H groups in total. The molecule has 0 aliphatic heterocycles. The molecule has 0 fully saturated rings. The van der Waals surface area contributed by atoms with Crippen molar-refractivity contribution in [1.29, 1.82) is 0 Å². The van der Waals surface area contributed by atoms with Crippen LogP contribution in [0.5, 0.6) is 0 Å². The summed E-state index contributed by atoms with van der Waals surface area (Å²) in [5, 5.41) is 11.6. The molecular formula is C9H8N6O. The van der Waals surface area contributed by atoms with Crippen LogP contribution in [0.25, 0.3) is 16.9 Å². The molecule has 0 saturated carbocycles. The Hall–Kier alpha value is -2.44. The lowest BCUT2D eigenvalue weighted by molar-refractivity contribution is 0.310. The molecule has 0 aliphatic rings. The van der Waals surface area contributed by atoms with Crippen LogP contribution in [0.15, 0.2) is 23.2 Å². The number of anilines is 1. The normalized spacial score (nSPS) is 11.1. The Kier molecular flexibility index (Phi) is 1.67. The molecule has 0 bridgehead atoms. The lowest BCUT2D eigenvalue weighted by Gasteiger charge is -1.90. The van der Waals surface area contributed by atoms with Crippen LogP contribution in [0.4, 0.5) is 5.82 Å². The number of rotatable bonds is 1. The first-order valence-electron chi connectivity index (χ1n) is 4.64. The maximum absolute atomic E-state index is 5.63. The second-order valence-electron chi connectivity index (χ2n) is 3.38. The van der Waals surface area contributed by atoms with Gasteiger partial charge in [-0.3, -0.25) is 0 Å². The molecule has 7 heteroatoms. The summed E-state index contributed by atoms with van der Waals surface area (Å²) in [5.41, 5.74) is 8.66. The van der Waals surface area contributed by atoms with Gasteiger partial charge < -0.3 is 5.73 Å². The minimum atomic E-state index is 0.236. The van der Waals surface area contributed by atoms with Crippen LogP contribution in [0.2, 0.25) is 0 Å². The molecule has 3 heterocycles. The molecule has 7 nitrogen and oxygen atoms in total. The fraction of sp³-hybridized carbons (Fsp3) is 0.111. The summed E-state index contributed by atoms with van der Waals surface area (Å²) in [6.45, 7) is 1.94. The molecule has 0 aliphatic carbocycles. The Bertz CT molecular complexity index is 655. The Morgan fingerprint density at radius 1 is 1.31 bits per heavy atom. The molecule has 3 aromatic rings. The maximum Gasteiger partial charge on any atom is 0.198 e. The summed E-state index contributed by atoms with van der Waals surface area (Å²) >= 11 is 0. The van der Waals surface area contributed by atoms with Gasteiger partial charge in [-0.05, 0) is 23.3 Å². The van der Waals surface area contributed by atoms with Crippen molar-refractivity contribution in [2.75, 3.05) is 5.73 Å². The van der Waals surface area contributed by atoms with Gasteiger partial charge in [0.1, 0.15) is 12.0 Å². The Labute approximate surface area is 89.9 Å². The van der Waals surface area contributed by atoms with Crippen molar-refractivity contribution in [3.8, 4) is 11.4 Å². The standard InChI is InChI=1S/C9H8N6O/c1-5-6-2-3-11-4-15(6)12-7(5)8-9(10)14-16-13-8/h2-4H,1H3,(H2,10,14). The lowest BCUT2D eigenvalue weighted by Crippen LogP contribution is -1.91. The zero-order valence-corrected chi connectivity index (χ0v) is 8.45. The third-order valence-electron chi connectivity index (χ3n) is 2.43. The second-order valence-corrected chi connectivity index (χ2v) is 3.38. The summed E-state index contributed by atoms with van der Waals surface area (Å²) in [7, 11) is 0. The highest BCUT2D eigenvalue weighted by atomic mass is 16.6. The number of aryl methyl sites for hydroxylation is 1. The fourth-order valence-electron chi connectivity index (χ4n) is 1.62. The zero-order chi connectivity index (χ0) is 11.1. The first-order chi connectivity index (χ1) is 7.77. The molecule has 0 saturated heterocycles. The number of nitrogens with zero attached hydrogens (tertiary/aromatic N) is 5. The third-order valence-corrected chi connectivity index (χ3v) is 2.43. The molecule has 0 aromatic carbocycles. The molecule has 0 amide bonds. The number of fused-ring (bicyclic) bond motifs is 1. The van der Waals surface area contributed by atoms with E-state index >= 15 is 0 Å². The van der Waals surface area contributed by atoms with Gasteiger partial charge in [0.25, 0.3) is 0 Å². The zero-order valence-electron chi connectivity index (χ0n) is 8.45. The van der Waals surface area contributed by atoms with Crippen molar-refractivity contribution < 1.29 is 4.63 Å². The monoisotopic (exact) mass is 216 g/mol. The summed E-state index contributed by atoms with van der Waals surface area (Å²) in [5.74, 6) is 0.236. The molecule has 0 unspecified atom stereocenters. The molecular weight excluding hydrogens is 208 g/mol. The highest BCUT2D eigenvalue weighted by molar-refractivity contribution is 5.74. The minimum absolute atomic E-state index is 0.236. The van der Waals surface area contributed by atoms with E-state index in [4.69, 9.17) is 5.73 Å². The summed E-state index contributed by atoms with van der Waals surface area (Å²) < 4.78 is 6.23. The first kappa shape index (κ1) is 8.84. The van der Waals surface area contributed by atoms with Gasteiger partial charge in [-0.2, -0.15) is 5.10 Å². The second kappa shape index (κ2) is 3.02. The van der Waals surface area contributed by atoms with Gasteiger partial charge in [-0.25, -0.2) is 14.1 Å². The number of aromatic nitrogens is 5. The van der Waals surface area contributed by atoms with E-state index < -0.39 is 0 Å². The van der Waals surface area contributed by atoms with E-state index in [0.29, 0.717) is 11.4 Å². The van der Waals surface area contributed by atoms with E-state index in [1.54, 1.807) is 17.0 Å². The van der Waals surface area contributed by atoms with E-state index in [9.17, 15) is 0 Å². The fourth-order valence-corrected chi connectivity index (χ4v) is 1.62. The third kappa shape index (κ3) is 1.08. The van der Waals surface area contributed by atoms with E-state index in [0.717, 1.165) is 11.1 Å². The first-order valence-corrected chi connectivity index (χ1v) is 4.64. The number of nitrogens with two attached hydrogens (primary N) is 1. The quantitative estimate of drug-likeness (QED) is 0.642. The van der Waals surface area contributed by atoms with Gasteiger partial charge in [0.05, 0.1) is 5.52 Å². The average molecular weight is 216 g/mol. The Balaban J connectivity index is 2.33. The van der Waals surface area contributed by atoms with Crippen LogP contribution >= 0.6 is 0 Å². The van der Waals surface area contributed by atoms with Crippen LogP contribution in [0.1, 0.15) is 5.56 Å². The molecule has 0 spiro atoms. The maximum atomic E-state index is 5.63. The van der Waals surface area contributed by atoms with E-state index in [1.165, 1.54) is 0 Å². The van der Waals surface area contributed by atoms with Crippen LogP contribution in [-0.2, 0) is 0 Å². The van der Waals surface area contributed by atoms with Crippen LogP contribution in [0, 0.1) is 6.92 Å². The van der Waals surface area contributed by atoms with Crippen LogP contribution < -0.4 is 5.73 Å². The molecule has 16 heavy (non-hydrogen) atoms. The summed E-state index contributed by atoms with van der Waals surface area (Å²) in [6, 6.07) is 1.87. The van der Waals surface area contributed by atoms with Gasteiger partial charge in [0.2, 0.25) is 0 Å². The van der Waals surface area contributed by atoms with Gasteiger partial charge in [-0.15, -0.1) is 0 Å². The smallest absolute Gasteiger partial charge is 0.198 e. The van der Waals surface area contributed by atoms with E-state index in [1.807, 2.05) is 13.0 Å². The summed E-state index contributed by atoms with van der Waals surface area (Å²) in [6.07, 6.45) is 3.33. The van der Waals surface area contributed by atoms with Crippen molar-refractivity contribution in [3.63, 3.8) is 0 Å². The predicted molar refractivity (Wildman–Crippen MR) is 55.4 cm³/mol. The Morgan fingerprint density at radius 2 is 2.19 bits per heavy atom. The van der Waals surface area contributed by atoms with Gasteiger partial charge >= 0.3 is 0 Å². The van der Waals surface area contributed by atoms with Crippen molar-refractivity contribution in [1.82, 2.24) is 24.9 Å². The SMILES string of the molecule is Cc1c(-c2nonc2N)nn2cnccc12. The molecule has 3 rings (SSSR count). The Morgan fingerprint density at radius 3 is 2.88 bits per heavy atom. The van der Waals surface area contributed by atoms with Gasteiger partial charge in [0.15, 0.2) is 11.5 Å². The van der Waals surface area contributed by atoms with Gasteiger partial charge in [0, 0.05) is 11.8 Å². The van der Waals surface area contributed by atoms with Crippen molar-refractivity contribution >= 4 is 11.3 Å². The number of hydrogen-bond donors (Lipinski definition) is 1. The highest BCUT2D eigenvalue weighted by Gasteiger charge is 2.17. The number of hydrogen-bond acceptors (Lipinski definition) is 6. The van der Waals surface area contributed by atoms with Crippen LogP contribution in [0.3, 0.4) is 0 Å². The largest absolute Gasteiger partial charge is 0.379 e. The van der Waals surface area contributed by atoms with Crippen LogP contribution in [-0.4, -0.2) is 24.9 Å². The van der Waals surface area contributed by atoms with Gasteiger partial charge in [-0.1, -0.05) is 0 Å². The van der Waals surface area contributed by atoms with Crippen molar-refractivity contribution in [2.24, 2.45) is 0 Å². The molecule has 0 atom stereocenters.